The lowest BCUT2D eigenvalue weighted by Crippen LogP contribution is -2.36. The fourth-order valence-corrected chi connectivity index (χ4v) is 2.56. The maximum atomic E-state index is 12.1. The van der Waals surface area contributed by atoms with Gasteiger partial charge in [0.05, 0.1) is 0 Å². The molecule has 0 saturated heterocycles. The zero-order valence-electron chi connectivity index (χ0n) is 15.1. The second-order valence-corrected chi connectivity index (χ2v) is 6.39. The SMILES string of the molecule is Cc1cccc(CCCNC(=O)C(C)Oc2ccc(C)c(C)c2)c1. The summed E-state index contributed by atoms with van der Waals surface area (Å²) in [6, 6.07) is 14.4. The highest BCUT2D eigenvalue weighted by Gasteiger charge is 2.14. The molecule has 1 atom stereocenters. The van der Waals surface area contributed by atoms with Crippen molar-refractivity contribution in [2.75, 3.05) is 6.54 Å². The lowest BCUT2D eigenvalue weighted by atomic mass is 10.1. The van der Waals surface area contributed by atoms with E-state index in [1.165, 1.54) is 22.3 Å². The normalized spacial score (nSPS) is 11.8. The first-order valence-electron chi connectivity index (χ1n) is 8.53. The number of hydrogen-bond donors (Lipinski definition) is 1. The van der Waals surface area contributed by atoms with Gasteiger partial charge in [-0.1, -0.05) is 35.9 Å². The molecule has 0 fully saturated rings. The number of ether oxygens (including phenoxy) is 1. The van der Waals surface area contributed by atoms with Crippen LogP contribution in [0.2, 0.25) is 0 Å². The molecule has 0 aliphatic rings. The van der Waals surface area contributed by atoms with E-state index in [1.54, 1.807) is 6.92 Å². The number of nitrogens with one attached hydrogen (secondary N) is 1. The highest BCUT2D eigenvalue weighted by molar-refractivity contribution is 5.80. The minimum atomic E-state index is -0.494. The summed E-state index contributed by atoms with van der Waals surface area (Å²) in [5.41, 5.74) is 4.96. The number of rotatable bonds is 7. The van der Waals surface area contributed by atoms with Gasteiger partial charge in [-0.25, -0.2) is 0 Å². The van der Waals surface area contributed by atoms with E-state index in [1.807, 2.05) is 25.1 Å². The first kappa shape index (κ1) is 18.1. The molecule has 1 unspecified atom stereocenters. The van der Waals surface area contributed by atoms with Crippen molar-refractivity contribution in [2.24, 2.45) is 0 Å². The van der Waals surface area contributed by atoms with Gasteiger partial charge in [-0.05, 0) is 69.4 Å². The standard InChI is InChI=1S/C21H27NO2/c1-15-7-5-8-19(13-15)9-6-12-22-21(23)18(4)24-20-11-10-16(2)17(3)14-20/h5,7-8,10-11,13-14,18H,6,9,12H2,1-4H3,(H,22,23). The zero-order valence-corrected chi connectivity index (χ0v) is 15.1. The quantitative estimate of drug-likeness (QED) is 0.777. The average Bonchev–Trinajstić information content (AvgIpc) is 2.55. The predicted molar refractivity (Wildman–Crippen MR) is 98.5 cm³/mol. The fourth-order valence-electron chi connectivity index (χ4n) is 2.56. The first-order valence-corrected chi connectivity index (χ1v) is 8.53. The molecular weight excluding hydrogens is 298 g/mol. The highest BCUT2D eigenvalue weighted by atomic mass is 16.5. The summed E-state index contributed by atoms with van der Waals surface area (Å²) in [5.74, 6) is 0.665. The molecule has 3 heteroatoms. The molecule has 0 aliphatic heterocycles. The van der Waals surface area contributed by atoms with Gasteiger partial charge >= 0.3 is 0 Å². The predicted octanol–water partition coefficient (Wildman–Crippen LogP) is 4.13. The van der Waals surface area contributed by atoms with Gasteiger partial charge in [-0.15, -0.1) is 0 Å². The van der Waals surface area contributed by atoms with Crippen LogP contribution in [0, 0.1) is 20.8 Å². The Morgan fingerprint density at radius 1 is 1.08 bits per heavy atom. The van der Waals surface area contributed by atoms with Crippen molar-refractivity contribution in [3.8, 4) is 5.75 Å². The topological polar surface area (TPSA) is 38.3 Å². The number of benzene rings is 2. The maximum Gasteiger partial charge on any atom is 0.260 e. The zero-order chi connectivity index (χ0) is 17.5. The Hall–Kier alpha value is -2.29. The van der Waals surface area contributed by atoms with Crippen molar-refractivity contribution < 1.29 is 9.53 Å². The van der Waals surface area contributed by atoms with Crippen molar-refractivity contribution in [3.63, 3.8) is 0 Å². The molecule has 0 heterocycles. The van der Waals surface area contributed by atoms with Gasteiger partial charge in [-0.3, -0.25) is 4.79 Å². The Bertz CT molecular complexity index is 694. The third kappa shape index (κ3) is 5.41. The molecule has 0 bridgehead atoms. The minimum Gasteiger partial charge on any atom is -0.481 e. The molecule has 1 amide bonds. The van der Waals surface area contributed by atoms with E-state index in [4.69, 9.17) is 4.74 Å². The van der Waals surface area contributed by atoms with Gasteiger partial charge in [0.25, 0.3) is 5.91 Å². The van der Waals surface area contributed by atoms with Crippen LogP contribution in [0.15, 0.2) is 42.5 Å². The molecule has 1 N–H and O–H groups in total. The van der Waals surface area contributed by atoms with Crippen molar-refractivity contribution in [2.45, 2.75) is 46.6 Å². The van der Waals surface area contributed by atoms with E-state index in [0.717, 1.165) is 18.6 Å². The van der Waals surface area contributed by atoms with E-state index in [9.17, 15) is 4.79 Å². The summed E-state index contributed by atoms with van der Waals surface area (Å²) in [6.45, 7) is 8.64. The highest BCUT2D eigenvalue weighted by Crippen LogP contribution is 2.17. The molecule has 0 aromatic heterocycles. The van der Waals surface area contributed by atoms with Gasteiger partial charge < -0.3 is 10.1 Å². The lowest BCUT2D eigenvalue weighted by Gasteiger charge is -2.15. The summed E-state index contributed by atoms with van der Waals surface area (Å²) < 4.78 is 5.73. The first-order chi connectivity index (χ1) is 11.5. The van der Waals surface area contributed by atoms with E-state index in [-0.39, 0.29) is 5.91 Å². The van der Waals surface area contributed by atoms with Gasteiger partial charge in [0, 0.05) is 6.54 Å². The molecular formula is C21H27NO2. The molecule has 2 aromatic rings. The van der Waals surface area contributed by atoms with Crippen molar-refractivity contribution in [1.82, 2.24) is 5.32 Å². The van der Waals surface area contributed by atoms with Crippen LogP contribution >= 0.6 is 0 Å². The monoisotopic (exact) mass is 325 g/mol. The van der Waals surface area contributed by atoms with Gasteiger partial charge in [0.15, 0.2) is 6.10 Å². The van der Waals surface area contributed by atoms with Crippen LogP contribution in [0.4, 0.5) is 0 Å². The van der Waals surface area contributed by atoms with Crippen LogP contribution in [-0.2, 0) is 11.2 Å². The van der Waals surface area contributed by atoms with Crippen molar-refractivity contribution in [1.29, 1.82) is 0 Å². The lowest BCUT2D eigenvalue weighted by molar-refractivity contribution is -0.127. The number of carbonyl (C=O) groups is 1. The molecule has 2 rings (SSSR count). The second kappa shape index (κ2) is 8.53. The van der Waals surface area contributed by atoms with Gasteiger partial charge in [0.1, 0.15) is 5.75 Å². The number of hydrogen-bond acceptors (Lipinski definition) is 2. The minimum absolute atomic E-state index is 0.0718. The number of carbonyl (C=O) groups excluding carboxylic acids is 1. The van der Waals surface area contributed by atoms with Gasteiger partial charge in [0.2, 0.25) is 0 Å². The molecule has 0 saturated carbocycles. The molecule has 3 nitrogen and oxygen atoms in total. The summed E-state index contributed by atoms with van der Waals surface area (Å²) in [5, 5.41) is 2.95. The van der Waals surface area contributed by atoms with Crippen LogP contribution in [0.3, 0.4) is 0 Å². The van der Waals surface area contributed by atoms with E-state index in [2.05, 4.69) is 43.4 Å². The summed E-state index contributed by atoms with van der Waals surface area (Å²) in [6.07, 6.45) is 1.39. The van der Waals surface area contributed by atoms with Crippen LogP contribution in [0.5, 0.6) is 5.75 Å². The second-order valence-electron chi connectivity index (χ2n) is 6.39. The Kier molecular flexibility index (Phi) is 6.42. The van der Waals surface area contributed by atoms with Crippen LogP contribution in [0.1, 0.15) is 35.6 Å². The summed E-state index contributed by atoms with van der Waals surface area (Å²) in [4.78, 5) is 12.1. The van der Waals surface area contributed by atoms with E-state index < -0.39 is 6.10 Å². The molecule has 128 valence electrons. The molecule has 0 radical (unpaired) electrons. The number of amides is 1. The fraction of sp³-hybridized carbons (Fsp3) is 0.381. The molecule has 2 aromatic carbocycles. The maximum absolute atomic E-state index is 12.1. The van der Waals surface area contributed by atoms with E-state index >= 15 is 0 Å². The number of aryl methyl sites for hydroxylation is 4. The molecule has 0 spiro atoms. The third-order valence-corrected chi connectivity index (χ3v) is 4.18. The van der Waals surface area contributed by atoms with Gasteiger partial charge in [-0.2, -0.15) is 0 Å². The molecule has 0 aliphatic carbocycles. The largest absolute Gasteiger partial charge is 0.481 e. The Balaban J connectivity index is 1.74. The Morgan fingerprint density at radius 2 is 1.88 bits per heavy atom. The smallest absolute Gasteiger partial charge is 0.260 e. The van der Waals surface area contributed by atoms with Crippen LogP contribution < -0.4 is 10.1 Å². The Labute approximate surface area is 145 Å². The van der Waals surface area contributed by atoms with Crippen molar-refractivity contribution in [3.05, 3.63) is 64.7 Å². The van der Waals surface area contributed by atoms with Crippen LogP contribution in [0.25, 0.3) is 0 Å². The van der Waals surface area contributed by atoms with Crippen LogP contribution in [-0.4, -0.2) is 18.6 Å². The third-order valence-electron chi connectivity index (χ3n) is 4.18. The average molecular weight is 325 g/mol. The van der Waals surface area contributed by atoms with E-state index in [0.29, 0.717) is 6.54 Å². The Morgan fingerprint density at radius 3 is 2.58 bits per heavy atom. The summed E-state index contributed by atoms with van der Waals surface area (Å²) in [7, 11) is 0. The summed E-state index contributed by atoms with van der Waals surface area (Å²) >= 11 is 0. The van der Waals surface area contributed by atoms with Crippen molar-refractivity contribution >= 4 is 5.91 Å². The molecule has 24 heavy (non-hydrogen) atoms.